The van der Waals surface area contributed by atoms with Crippen LogP contribution in [-0.2, 0) is 14.3 Å². The lowest BCUT2D eigenvalue weighted by Gasteiger charge is -2.22. The summed E-state index contributed by atoms with van der Waals surface area (Å²) in [5, 5.41) is 14.1. The van der Waals surface area contributed by atoms with Crippen LogP contribution in [0.25, 0.3) is 0 Å². The number of carbonyl (C=O) groups is 3. The molecule has 0 spiro atoms. The van der Waals surface area contributed by atoms with Crippen molar-refractivity contribution in [3.8, 4) is 0 Å². The van der Waals surface area contributed by atoms with Gasteiger partial charge < -0.3 is 20.5 Å². The van der Waals surface area contributed by atoms with Crippen molar-refractivity contribution in [1.82, 2.24) is 10.6 Å². The molecule has 0 fully saturated rings. The molecule has 3 N–H and O–H groups in total. The monoisotopic (exact) mass is 352 g/mol. The molecule has 0 aliphatic carbocycles. The molecule has 0 saturated carbocycles. The van der Waals surface area contributed by atoms with Crippen LogP contribution in [0.2, 0.25) is 0 Å². The molecule has 0 radical (unpaired) electrons. The average molecular weight is 353 g/mol. The van der Waals surface area contributed by atoms with Crippen LogP contribution >= 0.6 is 15.9 Å². The molecule has 20 heavy (non-hydrogen) atoms. The molecular weight excluding hydrogens is 332 g/mol. The van der Waals surface area contributed by atoms with Gasteiger partial charge >= 0.3 is 12.1 Å². The molecule has 0 aromatic heterocycles. The van der Waals surface area contributed by atoms with Gasteiger partial charge in [-0.05, 0) is 33.6 Å². The summed E-state index contributed by atoms with van der Waals surface area (Å²) in [5.41, 5.74) is -0.684. The zero-order valence-electron chi connectivity index (χ0n) is 11.9. The number of halogens is 1. The molecule has 7 nitrogen and oxygen atoms in total. The number of rotatable bonds is 7. The van der Waals surface area contributed by atoms with Crippen LogP contribution in [0, 0.1) is 0 Å². The van der Waals surface area contributed by atoms with Gasteiger partial charge in [-0.25, -0.2) is 9.59 Å². The summed E-state index contributed by atoms with van der Waals surface area (Å²) in [6.07, 6.45) is -0.128. The van der Waals surface area contributed by atoms with Crippen molar-refractivity contribution in [1.29, 1.82) is 0 Å². The summed E-state index contributed by atoms with van der Waals surface area (Å²) >= 11 is 3.00. The number of aliphatic carboxylic acids is 1. The first-order valence-electron chi connectivity index (χ1n) is 6.20. The average Bonchev–Trinajstić information content (AvgIpc) is 2.29. The molecule has 0 aromatic rings. The molecule has 8 heteroatoms. The predicted octanol–water partition coefficient (Wildman–Crippen LogP) is 1.26. The van der Waals surface area contributed by atoms with Gasteiger partial charge in [0.25, 0.3) is 0 Å². The second-order valence-electron chi connectivity index (χ2n) is 5.16. The lowest BCUT2D eigenvalue weighted by atomic mass is 10.1. The number of alkyl halides is 1. The molecule has 0 heterocycles. The first-order valence-corrected chi connectivity index (χ1v) is 7.33. The van der Waals surface area contributed by atoms with Gasteiger partial charge in [-0.3, -0.25) is 4.79 Å². The normalized spacial score (nSPS) is 12.4. The molecule has 0 rings (SSSR count). The Morgan fingerprint density at radius 3 is 2.35 bits per heavy atom. The minimum atomic E-state index is -1.14. The van der Waals surface area contributed by atoms with E-state index in [2.05, 4.69) is 26.6 Å². The first kappa shape index (κ1) is 18.7. The van der Waals surface area contributed by atoms with Gasteiger partial charge in [0.15, 0.2) is 0 Å². The van der Waals surface area contributed by atoms with Crippen LogP contribution in [0.15, 0.2) is 0 Å². The number of amides is 2. The van der Waals surface area contributed by atoms with Crippen molar-refractivity contribution in [2.75, 3.05) is 11.9 Å². The number of hydrogen-bond donors (Lipinski definition) is 3. The van der Waals surface area contributed by atoms with Crippen LogP contribution in [0.1, 0.15) is 33.6 Å². The van der Waals surface area contributed by atoms with E-state index < -0.39 is 23.7 Å². The number of hydrogen-bond acceptors (Lipinski definition) is 4. The Bertz CT molecular complexity index is 354. The third-order valence-corrected chi connectivity index (χ3v) is 2.61. The SMILES string of the molecule is CC(C)(C)OC(=O)NC(CCCNC(=O)CBr)C(=O)O. The number of nitrogens with one attached hydrogen (secondary N) is 2. The number of ether oxygens (including phenoxy) is 1. The minimum Gasteiger partial charge on any atom is -0.480 e. The minimum absolute atomic E-state index is 0.169. The van der Waals surface area contributed by atoms with Crippen LogP contribution < -0.4 is 10.6 Å². The van der Waals surface area contributed by atoms with E-state index in [1.807, 2.05) is 0 Å². The molecule has 116 valence electrons. The molecule has 0 aliphatic heterocycles. The number of alkyl carbamates (subject to hydrolysis) is 1. The van der Waals surface area contributed by atoms with E-state index >= 15 is 0 Å². The Labute approximate surface area is 126 Å². The van der Waals surface area contributed by atoms with Gasteiger partial charge in [-0.2, -0.15) is 0 Å². The highest BCUT2D eigenvalue weighted by Gasteiger charge is 2.23. The Morgan fingerprint density at radius 1 is 1.30 bits per heavy atom. The van der Waals surface area contributed by atoms with E-state index in [1.54, 1.807) is 20.8 Å². The van der Waals surface area contributed by atoms with E-state index in [1.165, 1.54) is 0 Å². The summed E-state index contributed by atoms with van der Waals surface area (Å²) in [4.78, 5) is 33.5. The van der Waals surface area contributed by atoms with Crippen molar-refractivity contribution in [2.45, 2.75) is 45.3 Å². The Balaban J connectivity index is 4.15. The largest absolute Gasteiger partial charge is 0.480 e. The molecule has 0 bridgehead atoms. The third kappa shape index (κ3) is 9.60. The Kier molecular flexibility index (Phi) is 8.21. The molecule has 0 aromatic carbocycles. The molecular formula is C12H21BrN2O5. The highest BCUT2D eigenvalue weighted by atomic mass is 79.9. The van der Waals surface area contributed by atoms with Crippen molar-refractivity contribution in [3.63, 3.8) is 0 Å². The summed E-state index contributed by atoms with van der Waals surface area (Å²) in [7, 11) is 0. The van der Waals surface area contributed by atoms with Gasteiger partial charge in [0.1, 0.15) is 11.6 Å². The van der Waals surface area contributed by atoms with Crippen molar-refractivity contribution >= 4 is 33.9 Å². The van der Waals surface area contributed by atoms with E-state index in [4.69, 9.17) is 9.84 Å². The zero-order valence-corrected chi connectivity index (χ0v) is 13.4. The van der Waals surface area contributed by atoms with Crippen molar-refractivity contribution in [3.05, 3.63) is 0 Å². The van der Waals surface area contributed by atoms with E-state index in [0.29, 0.717) is 13.0 Å². The second-order valence-corrected chi connectivity index (χ2v) is 5.72. The highest BCUT2D eigenvalue weighted by Crippen LogP contribution is 2.07. The van der Waals surface area contributed by atoms with E-state index in [-0.39, 0.29) is 17.7 Å². The summed E-state index contributed by atoms with van der Waals surface area (Å²) < 4.78 is 4.99. The maximum Gasteiger partial charge on any atom is 0.408 e. The molecule has 1 unspecified atom stereocenters. The lowest BCUT2D eigenvalue weighted by Crippen LogP contribution is -2.43. The summed E-state index contributed by atoms with van der Waals surface area (Å²) in [6, 6.07) is -1.04. The highest BCUT2D eigenvalue weighted by molar-refractivity contribution is 9.09. The Morgan fingerprint density at radius 2 is 1.90 bits per heavy atom. The molecule has 0 aliphatic rings. The van der Waals surface area contributed by atoms with Gasteiger partial charge in [0.2, 0.25) is 5.91 Å². The quantitative estimate of drug-likeness (QED) is 0.472. The topological polar surface area (TPSA) is 105 Å². The molecule has 2 amide bonds. The maximum atomic E-state index is 11.5. The zero-order chi connectivity index (χ0) is 15.8. The summed E-state index contributed by atoms with van der Waals surface area (Å²) in [5.74, 6) is -1.31. The molecule has 1 atom stereocenters. The maximum absolute atomic E-state index is 11.5. The number of carbonyl (C=O) groups excluding carboxylic acids is 2. The van der Waals surface area contributed by atoms with E-state index in [9.17, 15) is 14.4 Å². The van der Waals surface area contributed by atoms with Crippen molar-refractivity contribution in [2.24, 2.45) is 0 Å². The van der Waals surface area contributed by atoms with E-state index in [0.717, 1.165) is 0 Å². The van der Waals surface area contributed by atoms with Gasteiger partial charge in [0, 0.05) is 6.54 Å². The number of carboxylic acids is 1. The van der Waals surface area contributed by atoms with Crippen LogP contribution in [0.3, 0.4) is 0 Å². The fourth-order valence-electron chi connectivity index (χ4n) is 1.29. The third-order valence-electron chi connectivity index (χ3n) is 2.10. The fourth-order valence-corrected chi connectivity index (χ4v) is 1.49. The predicted molar refractivity (Wildman–Crippen MR) is 76.8 cm³/mol. The van der Waals surface area contributed by atoms with Gasteiger partial charge in [-0.15, -0.1) is 0 Å². The lowest BCUT2D eigenvalue weighted by molar-refractivity contribution is -0.139. The fraction of sp³-hybridized carbons (Fsp3) is 0.750. The smallest absolute Gasteiger partial charge is 0.408 e. The van der Waals surface area contributed by atoms with Crippen molar-refractivity contribution < 1.29 is 24.2 Å². The standard InChI is InChI=1S/C12H21BrN2O5/c1-12(2,3)20-11(19)15-8(10(17)18)5-4-6-14-9(16)7-13/h8H,4-7H2,1-3H3,(H,14,16)(H,15,19)(H,17,18). The summed E-state index contributed by atoms with van der Waals surface area (Å²) in [6.45, 7) is 5.43. The number of carboxylic acid groups (broad SMARTS) is 1. The van der Waals surface area contributed by atoms with Gasteiger partial charge in [-0.1, -0.05) is 15.9 Å². The molecule has 0 saturated heterocycles. The van der Waals surface area contributed by atoms with Crippen LogP contribution in [0.4, 0.5) is 4.79 Å². The second kappa shape index (κ2) is 8.78. The van der Waals surface area contributed by atoms with Crippen LogP contribution in [0.5, 0.6) is 0 Å². The first-order chi connectivity index (χ1) is 9.15. The van der Waals surface area contributed by atoms with Gasteiger partial charge in [0.05, 0.1) is 5.33 Å². The Hall–Kier alpha value is -1.31. The van der Waals surface area contributed by atoms with Crippen LogP contribution in [-0.4, -0.2) is 46.6 Å².